The van der Waals surface area contributed by atoms with Gasteiger partial charge in [0.15, 0.2) is 0 Å². The average molecular weight is 364 g/mol. The molecule has 3 aliphatic rings. The molecule has 4 heteroatoms. The second-order valence-electron chi connectivity index (χ2n) is 7.80. The fourth-order valence-electron chi connectivity index (χ4n) is 4.26. The zero-order valence-corrected chi connectivity index (χ0v) is 16.3. The van der Waals surface area contributed by atoms with Crippen molar-refractivity contribution in [3.63, 3.8) is 0 Å². The Bertz CT molecular complexity index is 783. The largest absolute Gasteiger partial charge is 0.372 e. The zero-order valence-electron chi connectivity index (χ0n) is 16.3. The van der Waals surface area contributed by atoms with E-state index in [2.05, 4.69) is 60.2 Å². The number of allylic oxidation sites excluding steroid dienone is 2. The molecule has 0 aliphatic carbocycles. The molecule has 142 valence electrons. The molecule has 1 fully saturated rings. The monoisotopic (exact) mass is 363 g/mol. The molecular weight excluding hydrogens is 334 g/mol. The van der Waals surface area contributed by atoms with E-state index in [1.165, 1.54) is 22.5 Å². The standard InChI is InChI=1S/C23H29N3O/c1-17-15-26(16-18(2)27-17)22-9-3-6-19(13-22)12-20-7-5-11-25-23(20)21-8-4-10-24-14-21/h3-4,6,8-10,12-13,17-18,21H,5,7,11,14-16H2,1-2H3/b20-12+. The minimum absolute atomic E-state index is 0.270. The lowest BCUT2D eigenvalue weighted by molar-refractivity contribution is -0.00521. The van der Waals surface area contributed by atoms with Crippen LogP contribution in [-0.4, -0.2) is 50.3 Å². The highest BCUT2D eigenvalue weighted by atomic mass is 16.5. The first-order chi connectivity index (χ1) is 13.2. The van der Waals surface area contributed by atoms with E-state index in [0.29, 0.717) is 5.92 Å². The van der Waals surface area contributed by atoms with Gasteiger partial charge in [0.2, 0.25) is 0 Å². The van der Waals surface area contributed by atoms with Crippen molar-refractivity contribution in [1.82, 2.24) is 0 Å². The summed E-state index contributed by atoms with van der Waals surface area (Å²) in [4.78, 5) is 11.7. The summed E-state index contributed by atoms with van der Waals surface area (Å²) in [5.41, 5.74) is 5.14. The predicted octanol–water partition coefficient (Wildman–Crippen LogP) is 4.18. The number of anilines is 1. The van der Waals surface area contributed by atoms with Crippen molar-refractivity contribution in [3.05, 3.63) is 47.6 Å². The SMILES string of the molecule is CC1CN(c2cccc(/C=C3\CCCN=C3C3C=CC=NC3)c2)CC(C)O1. The first-order valence-electron chi connectivity index (χ1n) is 10.1. The predicted molar refractivity (Wildman–Crippen MR) is 114 cm³/mol. The molecule has 4 rings (SSSR count). The quantitative estimate of drug-likeness (QED) is 0.808. The molecule has 1 aromatic rings. The Kier molecular flexibility index (Phi) is 5.53. The second kappa shape index (κ2) is 8.22. The minimum Gasteiger partial charge on any atom is -0.372 e. The number of benzene rings is 1. The van der Waals surface area contributed by atoms with Crippen molar-refractivity contribution in [3.8, 4) is 0 Å². The van der Waals surface area contributed by atoms with Crippen LogP contribution in [0.15, 0.2) is 52.0 Å². The molecule has 0 spiro atoms. The number of ether oxygens (including phenoxy) is 1. The Hall–Kier alpha value is -2.20. The Balaban J connectivity index is 1.57. The molecule has 3 unspecified atom stereocenters. The maximum Gasteiger partial charge on any atom is 0.0726 e. The smallest absolute Gasteiger partial charge is 0.0726 e. The third-order valence-electron chi connectivity index (χ3n) is 5.40. The van der Waals surface area contributed by atoms with Crippen LogP contribution < -0.4 is 4.90 Å². The molecule has 0 saturated carbocycles. The topological polar surface area (TPSA) is 37.2 Å². The number of hydrogen-bond acceptors (Lipinski definition) is 4. The number of nitrogens with zero attached hydrogens (tertiary/aromatic N) is 3. The summed E-state index contributed by atoms with van der Waals surface area (Å²) in [6.45, 7) is 7.95. The summed E-state index contributed by atoms with van der Waals surface area (Å²) in [6.07, 6.45) is 11.3. The number of aliphatic imine (C=N–C) groups is 2. The van der Waals surface area contributed by atoms with Crippen LogP contribution >= 0.6 is 0 Å². The fraction of sp³-hybridized carbons (Fsp3) is 0.478. The van der Waals surface area contributed by atoms with Gasteiger partial charge in [0.1, 0.15) is 0 Å². The lowest BCUT2D eigenvalue weighted by Gasteiger charge is -2.37. The van der Waals surface area contributed by atoms with Crippen molar-refractivity contribution in [2.45, 2.75) is 38.9 Å². The van der Waals surface area contributed by atoms with Gasteiger partial charge in [-0.2, -0.15) is 0 Å². The van der Waals surface area contributed by atoms with Crippen molar-refractivity contribution in [1.29, 1.82) is 0 Å². The van der Waals surface area contributed by atoms with E-state index in [4.69, 9.17) is 9.73 Å². The van der Waals surface area contributed by atoms with E-state index in [9.17, 15) is 0 Å². The molecule has 0 bridgehead atoms. The summed E-state index contributed by atoms with van der Waals surface area (Å²) in [5.74, 6) is 0.325. The van der Waals surface area contributed by atoms with Gasteiger partial charge >= 0.3 is 0 Å². The third-order valence-corrected chi connectivity index (χ3v) is 5.40. The highest BCUT2D eigenvalue weighted by Gasteiger charge is 2.23. The fourth-order valence-corrected chi connectivity index (χ4v) is 4.26. The molecule has 3 atom stereocenters. The van der Waals surface area contributed by atoms with Crippen molar-refractivity contribution >= 4 is 23.7 Å². The highest BCUT2D eigenvalue weighted by molar-refractivity contribution is 6.07. The van der Waals surface area contributed by atoms with Gasteiger partial charge < -0.3 is 9.64 Å². The Morgan fingerprint density at radius 1 is 1.19 bits per heavy atom. The normalized spacial score (nSPS) is 29.9. The first kappa shape index (κ1) is 18.2. The van der Waals surface area contributed by atoms with Gasteiger partial charge in [-0.15, -0.1) is 0 Å². The van der Waals surface area contributed by atoms with E-state index in [1.54, 1.807) is 0 Å². The lowest BCUT2D eigenvalue weighted by Crippen LogP contribution is -2.45. The highest BCUT2D eigenvalue weighted by Crippen LogP contribution is 2.26. The van der Waals surface area contributed by atoms with Gasteiger partial charge in [-0.1, -0.05) is 18.2 Å². The van der Waals surface area contributed by atoms with Crippen molar-refractivity contribution in [2.75, 3.05) is 31.1 Å². The number of dihydropyridines is 1. The number of rotatable bonds is 3. The summed E-state index contributed by atoms with van der Waals surface area (Å²) in [7, 11) is 0. The van der Waals surface area contributed by atoms with E-state index in [-0.39, 0.29) is 12.2 Å². The summed E-state index contributed by atoms with van der Waals surface area (Å²) >= 11 is 0. The van der Waals surface area contributed by atoms with Gasteiger partial charge in [0.25, 0.3) is 0 Å². The average Bonchev–Trinajstić information content (AvgIpc) is 2.69. The van der Waals surface area contributed by atoms with Gasteiger partial charge in [-0.25, -0.2) is 0 Å². The first-order valence-corrected chi connectivity index (χ1v) is 10.1. The summed E-state index contributed by atoms with van der Waals surface area (Å²) in [5, 5.41) is 0. The summed E-state index contributed by atoms with van der Waals surface area (Å²) < 4.78 is 5.88. The molecule has 4 nitrogen and oxygen atoms in total. The Morgan fingerprint density at radius 3 is 2.81 bits per heavy atom. The minimum atomic E-state index is 0.270. The molecular formula is C23H29N3O. The van der Waals surface area contributed by atoms with Gasteiger partial charge in [0.05, 0.1) is 18.8 Å². The Labute approximate surface area is 162 Å². The maximum absolute atomic E-state index is 5.88. The van der Waals surface area contributed by atoms with E-state index < -0.39 is 0 Å². The molecule has 0 radical (unpaired) electrons. The van der Waals surface area contributed by atoms with Gasteiger partial charge in [-0.3, -0.25) is 9.98 Å². The zero-order chi connectivity index (χ0) is 18.6. The molecule has 0 aromatic heterocycles. The van der Waals surface area contributed by atoms with Crippen LogP contribution in [0.25, 0.3) is 6.08 Å². The van der Waals surface area contributed by atoms with Crippen molar-refractivity contribution in [2.24, 2.45) is 15.9 Å². The van der Waals surface area contributed by atoms with Crippen LogP contribution in [0, 0.1) is 5.92 Å². The van der Waals surface area contributed by atoms with E-state index in [0.717, 1.165) is 39.0 Å². The molecule has 3 aliphatic heterocycles. The second-order valence-corrected chi connectivity index (χ2v) is 7.80. The lowest BCUT2D eigenvalue weighted by atomic mass is 9.89. The van der Waals surface area contributed by atoms with Gasteiger partial charge in [0, 0.05) is 43.2 Å². The number of morpholine rings is 1. The molecule has 27 heavy (non-hydrogen) atoms. The number of hydrogen-bond donors (Lipinski definition) is 0. The van der Waals surface area contributed by atoms with Crippen LogP contribution in [0.4, 0.5) is 5.69 Å². The molecule has 0 N–H and O–H groups in total. The van der Waals surface area contributed by atoms with Crippen LogP contribution in [-0.2, 0) is 4.74 Å². The van der Waals surface area contributed by atoms with Crippen LogP contribution in [0.1, 0.15) is 32.3 Å². The van der Waals surface area contributed by atoms with E-state index in [1.807, 2.05) is 12.3 Å². The van der Waals surface area contributed by atoms with Crippen LogP contribution in [0.5, 0.6) is 0 Å². The third kappa shape index (κ3) is 4.38. The van der Waals surface area contributed by atoms with E-state index >= 15 is 0 Å². The molecule has 0 amide bonds. The summed E-state index contributed by atoms with van der Waals surface area (Å²) in [6, 6.07) is 8.88. The maximum atomic E-state index is 5.88. The Morgan fingerprint density at radius 2 is 2.04 bits per heavy atom. The van der Waals surface area contributed by atoms with Crippen LogP contribution in [0.2, 0.25) is 0 Å². The van der Waals surface area contributed by atoms with Gasteiger partial charge in [-0.05, 0) is 62.1 Å². The van der Waals surface area contributed by atoms with Crippen LogP contribution in [0.3, 0.4) is 0 Å². The van der Waals surface area contributed by atoms with Crippen molar-refractivity contribution < 1.29 is 4.74 Å². The molecule has 1 saturated heterocycles. The molecule has 3 heterocycles. The molecule has 1 aromatic carbocycles.